The number of hydrogen-bond donors (Lipinski definition) is 2. The molecule has 110 valence electrons. The lowest BCUT2D eigenvalue weighted by Crippen LogP contribution is -2.32. The van der Waals surface area contributed by atoms with Gasteiger partial charge >= 0.3 is 0 Å². The van der Waals surface area contributed by atoms with Crippen molar-refractivity contribution in [3.63, 3.8) is 0 Å². The van der Waals surface area contributed by atoms with Crippen molar-refractivity contribution in [2.24, 2.45) is 11.7 Å². The minimum absolute atomic E-state index is 0.0482. The zero-order valence-electron chi connectivity index (χ0n) is 12.6. The third-order valence-corrected chi connectivity index (χ3v) is 3.86. The molecule has 1 saturated carbocycles. The fourth-order valence-corrected chi connectivity index (χ4v) is 2.38. The summed E-state index contributed by atoms with van der Waals surface area (Å²) in [4.78, 5) is 2.50. The molecule has 1 aliphatic carbocycles. The van der Waals surface area contributed by atoms with Gasteiger partial charge in [0, 0.05) is 19.1 Å². The van der Waals surface area contributed by atoms with Gasteiger partial charge < -0.3 is 10.5 Å². The molecule has 0 heterocycles. The first-order valence-corrected chi connectivity index (χ1v) is 7.26. The van der Waals surface area contributed by atoms with E-state index in [1.54, 1.807) is 7.11 Å². The molecule has 0 atom stereocenters. The van der Waals surface area contributed by atoms with Crippen LogP contribution in [0.4, 0.5) is 0 Å². The van der Waals surface area contributed by atoms with Crippen molar-refractivity contribution in [3.05, 3.63) is 29.3 Å². The first-order chi connectivity index (χ1) is 9.51. The zero-order chi connectivity index (χ0) is 14.7. The standard InChI is InChI=1S/C16H25N3O/c1-11(2)19(9-12-4-5-12)10-13-6-7-14(16(17)18)15(8-13)20-3/h6-8,11-12H,4-5,9-10H2,1-3H3,(H3,17,18). The second kappa shape index (κ2) is 6.27. The molecule has 4 heteroatoms. The minimum atomic E-state index is 0.0482. The Labute approximate surface area is 121 Å². The molecule has 0 aliphatic heterocycles. The summed E-state index contributed by atoms with van der Waals surface area (Å²) in [5.41, 5.74) is 7.43. The van der Waals surface area contributed by atoms with E-state index >= 15 is 0 Å². The molecule has 1 fully saturated rings. The molecular weight excluding hydrogens is 250 g/mol. The number of rotatable bonds is 7. The molecule has 2 rings (SSSR count). The number of amidine groups is 1. The average Bonchev–Trinajstić information content (AvgIpc) is 3.21. The van der Waals surface area contributed by atoms with Gasteiger partial charge in [-0.15, -0.1) is 0 Å². The topological polar surface area (TPSA) is 62.3 Å². The average molecular weight is 275 g/mol. The predicted octanol–water partition coefficient (Wildman–Crippen LogP) is 2.60. The number of nitrogens with two attached hydrogens (primary N) is 1. The smallest absolute Gasteiger partial charge is 0.130 e. The Morgan fingerprint density at radius 1 is 1.45 bits per heavy atom. The van der Waals surface area contributed by atoms with Crippen LogP contribution in [0.1, 0.15) is 37.8 Å². The van der Waals surface area contributed by atoms with E-state index in [-0.39, 0.29) is 5.84 Å². The SMILES string of the molecule is COc1cc(CN(CC2CC2)C(C)C)ccc1C(=N)N. The predicted molar refractivity (Wildman–Crippen MR) is 82.3 cm³/mol. The van der Waals surface area contributed by atoms with Gasteiger partial charge in [-0.25, -0.2) is 0 Å². The Hall–Kier alpha value is -1.55. The molecule has 4 nitrogen and oxygen atoms in total. The third-order valence-electron chi connectivity index (χ3n) is 3.86. The molecule has 0 saturated heterocycles. The monoisotopic (exact) mass is 275 g/mol. The van der Waals surface area contributed by atoms with Crippen molar-refractivity contribution in [2.75, 3.05) is 13.7 Å². The molecule has 3 N–H and O–H groups in total. The van der Waals surface area contributed by atoms with E-state index in [1.807, 2.05) is 18.2 Å². The van der Waals surface area contributed by atoms with Crippen LogP contribution in [0, 0.1) is 11.3 Å². The van der Waals surface area contributed by atoms with Crippen molar-refractivity contribution in [3.8, 4) is 5.75 Å². The summed E-state index contributed by atoms with van der Waals surface area (Å²) >= 11 is 0. The highest BCUT2D eigenvalue weighted by molar-refractivity contribution is 5.97. The lowest BCUT2D eigenvalue weighted by Gasteiger charge is -2.26. The van der Waals surface area contributed by atoms with Gasteiger partial charge in [0.25, 0.3) is 0 Å². The van der Waals surface area contributed by atoms with E-state index in [1.165, 1.54) is 24.9 Å². The van der Waals surface area contributed by atoms with Crippen LogP contribution in [-0.2, 0) is 6.54 Å². The van der Waals surface area contributed by atoms with Crippen molar-refractivity contribution in [1.29, 1.82) is 5.41 Å². The van der Waals surface area contributed by atoms with Gasteiger partial charge in [-0.2, -0.15) is 0 Å². The van der Waals surface area contributed by atoms with Gasteiger partial charge in [-0.05, 0) is 50.3 Å². The van der Waals surface area contributed by atoms with Crippen molar-refractivity contribution < 1.29 is 4.74 Å². The zero-order valence-corrected chi connectivity index (χ0v) is 12.6. The number of hydrogen-bond acceptors (Lipinski definition) is 3. The van der Waals surface area contributed by atoms with E-state index < -0.39 is 0 Å². The molecule has 1 aromatic rings. The maximum absolute atomic E-state index is 7.55. The van der Waals surface area contributed by atoms with Gasteiger partial charge in [0.05, 0.1) is 12.7 Å². The fourth-order valence-electron chi connectivity index (χ4n) is 2.38. The van der Waals surface area contributed by atoms with E-state index in [2.05, 4.69) is 18.7 Å². The van der Waals surface area contributed by atoms with Gasteiger partial charge in [0.15, 0.2) is 0 Å². The number of methoxy groups -OCH3 is 1. The number of nitrogens with one attached hydrogen (secondary N) is 1. The van der Waals surface area contributed by atoms with Crippen molar-refractivity contribution >= 4 is 5.84 Å². The molecule has 0 amide bonds. The first-order valence-electron chi connectivity index (χ1n) is 7.26. The van der Waals surface area contributed by atoms with E-state index in [4.69, 9.17) is 15.9 Å². The van der Waals surface area contributed by atoms with E-state index in [0.717, 1.165) is 12.5 Å². The highest BCUT2D eigenvalue weighted by atomic mass is 16.5. The lowest BCUT2D eigenvalue weighted by molar-refractivity contribution is 0.203. The summed E-state index contributed by atoms with van der Waals surface area (Å²) in [5, 5.41) is 7.55. The Balaban J connectivity index is 2.12. The summed E-state index contributed by atoms with van der Waals surface area (Å²) in [6.07, 6.45) is 2.74. The maximum Gasteiger partial charge on any atom is 0.130 e. The van der Waals surface area contributed by atoms with Crippen LogP contribution in [0.15, 0.2) is 18.2 Å². The molecule has 0 unspecified atom stereocenters. The molecule has 0 bridgehead atoms. The summed E-state index contributed by atoms with van der Waals surface area (Å²) in [6.45, 7) is 6.57. The second-order valence-corrected chi connectivity index (χ2v) is 5.91. The molecule has 0 spiro atoms. The van der Waals surface area contributed by atoms with Crippen LogP contribution in [0.2, 0.25) is 0 Å². The van der Waals surface area contributed by atoms with Gasteiger partial charge in [0.2, 0.25) is 0 Å². The summed E-state index contributed by atoms with van der Waals surface area (Å²) in [6, 6.07) is 6.46. The second-order valence-electron chi connectivity index (χ2n) is 5.91. The molecule has 0 aromatic heterocycles. The van der Waals surface area contributed by atoms with Crippen LogP contribution in [-0.4, -0.2) is 30.4 Å². The summed E-state index contributed by atoms with van der Waals surface area (Å²) < 4.78 is 5.34. The number of nitrogens with zero attached hydrogens (tertiary/aromatic N) is 1. The van der Waals surface area contributed by atoms with Crippen LogP contribution in [0.5, 0.6) is 5.75 Å². The van der Waals surface area contributed by atoms with Crippen molar-refractivity contribution in [2.45, 2.75) is 39.3 Å². The highest BCUT2D eigenvalue weighted by Crippen LogP contribution is 2.31. The Morgan fingerprint density at radius 2 is 2.15 bits per heavy atom. The Kier molecular flexibility index (Phi) is 4.65. The maximum atomic E-state index is 7.55. The molecular formula is C16H25N3O. The molecule has 1 aromatic carbocycles. The first kappa shape index (κ1) is 14.9. The van der Waals surface area contributed by atoms with Crippen LogP contribution < -0.4 is 10.5 Å². The Morgan fingerprint density at radius 3 is 2.65 bits per heavy atom. The van der Waals surface area contributed by atoms with E-state index in [0.29, 0.717) is 17.4 Å². The minimum Gasteiger partial charge on any atom is -0.496 e. The third kappa shape index (κ3) is 3.73. The lowest BCUT2D eigenvalue weighted by atomic mass is 10.1. The van der Waals surface area contributed by atoms with Crippen LogP contribution in [0.3, 0.4) is 0 Å². The molecule has 1 aliphatic rings. The number of benzene rings is 1. The van der Waals surface area contributed by atoms with E-state index in [9.17, 15) is 0 Å². The largest absolute Gasteiger partial charge is 0.496 e. The quantitative estimate of drug-likeness (QED) is 0.594. The molecule has 20 heavy (non-hydrogen) atoms. The van der Waals surface area contributed by atoms with Crippen LogP contribution in [0.25, 0.3) is 0 Å². The van der Waals surface area contributed by atoms with Gasteiger partial charge in [-0.3, -0.25) is 10.3 Å². The van der Waals surface area contributed by atoms with Crippen molar-refractivity contribution in [1.82, 2.24) is 4.90 Å². The fraction of sp³-hybridized carbons (Fsp3) is 0.562. The molecule has 0 radical (unpaired) electrons. The number of ether oxygens (including phenoxy) is 1. The van der Waals surface area contributed by atoms with Crippen LogP contribution >= 0.6 is 0 Å². The Bertz CT molecular complexity index is 481. The summed E-state index contributed by atoms with van der Waals surface area (Å²) in [5.74, 6) is 1.62. The normalized spacial score (nSPS) is 14.8. The van der Waals surface area contributed by atoms with Gasteiger partial charge in [-0.1, -0.05) is 6.07 Å². The highest BCUT2D eigenvalue weighted by Gasteiger charge is 2.25. The number of nitrogen functional groups attached to an aromatic ring is 1. The summed E-state index contributed by atoms with van der Waals surface area (Å²) in [7, 11) is 1.62. The van der Waals surface area contributed by atoms with Gasteiger partial charge in [0.1, 0.15) is 11.6 Å².